The van der Waals surface area contributed by atoms with E-state index in [1.54, 1.807) is 0 Å². The third-order valence-corrected chi connectivity index (χ3v) is 3.23. The molecule has 1 saturated heterocycles. The van der Waals surface area contributed by atoms with Crippen molar-refractivity contribution in [2.75, 3.05) is 6.54 Å². The average molecular weight is 154 g/mol. The molecule has 11 heavy (non-hydrogen) atoms. The Morgan fingerprint density at radius 3 is 2.82 bits per heavy atom. The molecule has 0 aromatic rings. The average Bonchev–Trinajstić information content (AvgIpc) is 2.46. The molecular formula is C9H18N2. The van der Waals surface area contributed by atoms with Gasteiger partial charge in [-0.05, 0) is 25.2 Å². The molecule has 0 amide bonds. The summed E-state index contributed by atoms with van der Waals surface area (Å²) in [7, 11) is 0. The van der Waals surface area contributed by atoms with E-state index in [9.17, 15) is 0 Å². The standard InChI is InChI=1S/C9H18N2/c10-6-8-5-7-3-1-2-4-9(7)11-8/h7-9,11H,1-6,10H2. The van der Waals surface area contributed by atoms with Crippen LogP contribution in [0.5, 0.6) is 0 Å². The first-order chi connectivity index (χ1) is 5.40. The molecule has 1 heterocycles. The monoisotopic (exact) mass is 154 g/mol. The summed E-state index contributed by atoms with van der Waals surface area (Å²) in [5.41, 5.74) is 5.63. The molecule has 0 bridgehead atoms. The van der Waals surface area contributed by atoms with Gasteiger partial charge in [0.15, 0.2) is 0 Å². The number of rotatable bonds is 1. The largest absolute Gasteiger partial charge is 0.329 e. The summed E-state index contributed by atoms with van der Waals surface area (Å²) in [6, 6.07) is 1.44. The van der Waals surface area contributed by atoms with Crippen LogP contribution in [-0.4, -0.2) is 18.6 Å². The zero-order valence-electron chi connectivity index (χ0n) is 7.05. The van der Waals surface area contributed by atoms with Gasteiger partial charge in [-0.2, -0.15) is 0 Å². The summed E-state index contributed by atoms with van der Waals surface area (Å²) in [6.45, 7) is 0.826. The fourth-order valence-electron chi connectivity index (χ4n) is 2.61. The molecule has 0 aromatic carbocycles. The van der Waals surface area contributed by atoms with Crippen LogP contribution in [0.3, 0.4) is 0 Å². The van der Waals surface area contributed by atoms with Gasteiger partial charge in [0.2, 0.25) is 0 Å². The van der Waals surface area contributed by atoms with E-state index in [1.165, 1.54) is 32.1 Å². The second-order valence-corrected chi connectivity index (χ2v) is 3.99. The third-order valence-electron chi connectivity index (χ3n) is 3.23. The second kappa shape index (κ2) is 3.11. The zero-order valence-corrected chi connectivity index (χ0v) is 7.05. The minimum absolute atomic E-state index is 0.628. The molecule has 3 N–H and O–H groups in total. The summed E-state index contributed by atoms with van der Waals surface area (Å²) in [5.74, 6) is 0.956. The van der Waals surface area contributed by atoms with Gasteiger partial charge in [0.1, 0.15) is 0 Å². The van der Waals surface area contributed by atoms with Crippen LogP contribution in [0.1, 0.15) is 32.1 Å². The molecule has 1 aliphatic carbocycles. The van der Waals surface area contributed by atoms with Gasteiger partial charge in [-0.15, -0.1) is 0 Å². The Balaban J connectivity index is 1.92. The van der Waals surface area contributed by atoms with Crippen molar-refractivity contribution in [2.24, 2.45) is 11.7 Å². The Hall–Kier alpha value is -0.0800. The van der Waals surface area contributed by atoms with Crippen LogP contribution in [0.15, 0.2) is 0 Å². The predicted molar refractivity (Wildman–Crippen MR) is 46.3 cm³/mol. The van der Waals surface area contributed by atoms with Crippen LogP contribution >= 0.6 is 0 Å². The maximum Gasteiger partial charge on any atom is 0.0196 e. The normalized spacial score (nSPS) is 43.9. The highest BCUT2D eigenvalue weighted by molar-refractivity contribution is 4.92. The molecule has 2 nitrogen and oxygen atoms in total. The molecule has 3 atom stereocenters. The highest BCUT2D eigenvalue weighted by Gasteiger charge is 2.33. The lowest BCUT2D eigenvalue weighted by atomic mass is 9.85. The lowest BCUT2D eigenvalue weighted by Crippen LogP contribution is -2.36. The summed E-state index contributed by atoms with van der Waals surface area (Å²) >= 11 is 0. The fourth-order valence-corrected chi connectivity index (χ4v) is 2.61. The highest BCUT2D eigenvalue weighted by atomic mass is 15.0. The Labute approximate surface area is 68.5 Å². The molecule has 0 radical (unpaired) electrons. The molecule has 64 valence electrons. The minimum Gasteiger partial charge on any atom is -0.329 e. The zero-order chi connectivity index (χ0) is 7.68. The molecule has 2 aliphatic rings. The van der Waals surface area contributed by atoms with Crippen molar-refractivity contribution < 1.29 is 0 Å². The molecule has 1 aliphatic heterocycles. The summed E-state index contributed by atoms with van der Waals surface area (Å²) in [5, 5.41) is 3.62. The smallest absolute Gasteiger partial charge is 0.0196 e. The fraction of sp³-hybridized carbons (Fsp3) is 1.00. The Bertz CT molecular complexity index is 122. The van der Waals surface area contributed by atoms with Crippen molar-refractivity contribution in [3.63, 3.8) is 0 Å². The first kappa shape index (κ1) is 7.56. The van der Waals surface area contributed by atoms with E-state index in [-0.39, 0.29) is 0 Å². The molecule has 2 rings (SSSR count). The molecule has 0 aromatic heterocycles. The van der Waals surface area contributed by atoms with Crippen molar-refractivity contribution >= 4 is 0 Å². The molecule has 2 fully saturated rings. The SMILES string of the molecule is NCC1CC2CCCCC2N1. The van der Waals surface area contributed by atoms with Crippen molar-refractivity contribution in [1.82, 2.24) is 5.32 Å². The summed E-state index contributed by atoms with van der Waals surface area (Å²) in [6.07, 6.45) is 7.03. The van der Waals surface area contributed by atoms with E-state index in [0.717, 1.165) is 18.5 Å². The quantitative estimate of drug-likeness (QED) is 0.588. The topological polar surface area (TPSA) is 38.0 Å². The first-order valence-electron chi connectivity index (χ1n) is 4.86. The van der Waals surface area contributed by atoms with E-state index in [2.05, 4.69) is 5.32 Å². The van der Waals surface area contributed by atoms with Crippen LogP contribution in [0.25, 0.3) is 0 Å². The summed E-state index contributed by atoms with van der Waals surface area (Å²) in [4.78, 5) is 0. The van der Waals surface area contributed by atoms with E-state index >= 15 is 0 Å². The van der Waals surface area contributed by atoms with Crippen LogP contribution in [0.4, 0.5) is 0 Å². The van der Waals surface area contributed by atoms with Crippen LogP contribution in [-0.2, 0) is 0 Å². The van der Waals surface area contributed by atoms with Gasteiger partial charge in [-0.1, -0.05) is 12.8 Å². The number of nitrogens with two attached hydrogens (primary N) is 1. The van der Waals surface area contributed by atoms with E-state index in [1.807, 2.05) is 0 Å². The molecule has 2 heteroatoms. The summed E-state index contributed by atoms with van der Waals surface area (Å²) < 4.78 is 0. The van der Waals surface area contributed by atoms with Gasteiger partial charge in [0.25, 0.3) is 0 Å². The maximum atomic E-state index is 5.63. The van der Waals surface area contributed by atoms with Gasteiger partial charge in [0, 0.05) is 18.6 Å². The van der Waals surface area contributed by atoms with Crippen LogP contribution in [0.2, 0.25) is 0 Å². The lowest BCUT2D eigenvalue weighted by molar-refractivity contribution is 0.325. The van der Waals surface area contributed by atoms with Gasteiger partial charge in [-0.25, -0.2) is 0 Å². The number of hydrogen-bond donors (Lipinski definition) is 2. The lowest BCUT2D eigenvalue weighted by Gasteiger charge is -2.24. The molecule has 0 spiro atoms. The Kier molecular flexibility index (Phi) is 2.14. The van der Waals surface area contributed by atoms with E-state index in [4.69, 9.17) is 5.73 Å². The Morgan fingerprint density at radius 2 is 2.09 bits per heavy atom. The molecular weight excluding hydrogens is 136 g/mol. The van der Waals surface area contributed by atoms with Gasteiger partial charge in [-0.3, -0.25) is 0 Å². The number of nitrogens with one attached hydrogen (secondary N) is 1. The van der Waals surface area contributed by atoms with Gasteiger partial charge in [0.05, 0.1) is 0 Å². The van der Waals surface area contributed by atoms with Crippen LogP contribution < -0.4 is 11.1 Å². The van der Waals surface area contributed by atoms with Crippen LogP contribution in [0, 0.1) is 5.92 Å². The minimum atomic E-state index is 0.628. The van der Waals surface area contributed by atoms with Crippen molar-refractivity contribution in [3.05, 3.63) is 0 Å². The van der Waals surface area contributed by atoms with Gasteiger partial charge < -0.3 is 11.1 Å². The Morgan fingerprint density at radius 1 is 1.27 bits per heavy atom. The van der Waals surface area contributed by atoms with Crippen molar-refractivity contribution in [2.45, 2.75) is 44.2 Å². The number of hydrogen-bond acceptors (Lipinski definition) is 2. The maximum absolute atomic E-state index is 5.63. The first-order valence-corrected chi connectivity index (χ1v) is 4.86. The second-order valence-electron chi connectivity index (χ2n) is 3.99. The number of fused-ring (bicyclic) bond motifs is 1. The van der Waals surface area contributed by atoms with E-state index < -0.39 is 0 Å². The van der Waals surface area contributed by atoms with Crippen molar-refractivity contribution in [3.8, 4) is 0 Å². The molecule has 1 saturated carbocycles. The predicted octanol–water partition coefficient (Wildman–Crippen LogP) is 0.866. The van der Waals surface area contributed by atoms with Crippen molar-refractivity contribution in [1.29, 1.82) is 0 Å². The molecule has 3 unspecified atom stereocenters. The highest BCUT2D eigenvalue weighted by Crippen LogP contribution is 2.32. The van der Waals surface area contributed by atoms with E-state index in [0.29, 0.717) is 6.04 Å². The van der Waals surface area contributed by atoms with Gasteiger partial charge >= 0.3 is 0 Å². The third kappa shape index (κ3) is 1.42.